The summed E-state index contributed by atoms with van der Waals surface area (Å²) in [5.74, 6) is 0.847. The molecule has 4 rings (SSSR count). The summed E-state index contributed by atoms with van der Waals surface area (Å²) in [6.45, 7) is 9.74. The predicted octanol–water partition coefficient (Wildman–Crippen LogP) is 5.86. The predicted molar refractivity (Wildman–Crippen MR) is 128 cm³/mol. The quantitative estimate of drug-likeness (QED) is 0.538. The number of thiophene rings is 1. The molecular formula is C24H27N3O2S2. The van der Waals surface area contributed by atoms with Crippen molar-refractivity contribution in [3.63, 3.8) is 0 Å². The fraction of sp³-hybridized carbons (Fsp3) is 0.375. The molecule has 7 heteroatoms. The molecule has 1 aliphatic heterocycles. The van der Waals surface area contributed by atoms with E-state index in [1.807, 2.05) is 47.7 Å². The lowest BCUT2D eigenvalue weighted by molar-refractivity contribution is 0.0623. The van der Waals surface area contributed by atoms with Gasteiger partial charge in [-0.05, 0) is 61.2 Å². The Balaban J connectivity index is 1.54. The number of carbonyl (C=O) groups is 2. The molecule has 31 heavy (non-hydrogen) atoms. The number of anilines is 1. The van der Waals surface area contributed by atoms with Crippen LogP contribution in [0.2, 0.25) is 0 Å². The molecule has 0 radical (unpaired) electrons. The van der Waals surface area contributed by atoms with E-state index >= 15 is 0 Å². The van der Waals surface area contributed by atoms with Crippen LogP contribution < -0.4 is 5.32 Å². The van der Waals surface area contributed by atoms with Crippen molar-refractivity contribution >= 4 is 40.2 Å². The Morgan fingerprint density at radius 3 is 2.55 bits per heavy atom. The maximum absolute atomic E-state index is 13.1. The number of hydrogen-bond donors (Lipinski definition) is 1. The lowest BCUT2D eigenvalue weighted by Crippen LogP contribution is -2.42. The van der Waals surface area contributed by atoms with Crippen LogP contribution in [0, 0.1) is 25.7 Å². The zero-order valence-electron chi connectivity index (χ0n) is 18.3. The van der Waals surface area contributed by atoms with Gasteiger partial charge in [0.15, 0.2) is 0 Å². The number of rotatable bonds is 4. The molecule has 2 amide bonds. The first kappa shape index (κ1) is 21.7. The normalized spacial score (nSPS) is 18.8. The third-order valence-electron chi connectivity index (χ3n) is 5.66. The van der Waals surface area contributed by atoms with Gasteiger partial charge in [-0.25, -0.2) is 4.98 Å². The number of nitrogens with zero attached hydrogens (tertiary/aromatic N) is 2. The molecule has 5 nitrogen and oxygen atoms in total. The second-order valence-electron chi connectivity index (χ2n) is 8.59. The first-order valence-corrected chi connectivity index (χ1v) is 12.3. The van der Waals surface area contributed by atoms with Crippen LogP contribution in [0.25, 0.3) is 10.6 Å². The van der Waals surface area contributed by atoms with Crippen LogP contribution in [0.4, 0.5) is 5.69 Å². The molecule has 1 N–H and O–H groups in total. The summed E-state index contributed by atoms with van der Waals surface area (Å²) in [5.41, 5.74) is 3.95. The van der Waals surface area contributed by atoms with E-state index in [0.29, 0.717) is 33.7 Å². The van der Waals surface area contributed by atoms with Crippen LogP contribution in [-0.2, 0) is 0 Å². The van der Waals surface area contributed by atoms with Gasteiger partial charge in [-0.15, -0.1) is 11.3 Å². The second-order valence-corrected chi connectivity index (χ2v) is 10.4. The Kier molecular flexibility index (Phi) is 6.25. The number of carbonyl (C=O) groups excluding carboxylic acids is 2. The molecule has 1 fully saturated rings. The number of nitrogens with one attached hydrogen (secondary N) is 1. The largest absolute Gasteiger partial charge is 0.338 e. The topological polar surface area (TPSA) is 62.3 Å². The molecule has 162 valence electrons. The van der Waals surface area contributed by atoms with Gasteiger partial charge < -0.3 is 10.2 Å². The van der Waals surface area contributed by atoms with Crippen molar-refractivity contribution < 1.29 is 9.59 Å². The molecule has 0 spiro atoms. The lowest BCUT2D eigenvalue weighted by atomic mass is 9.91. The molecule has 0 saturated carbocycles. The average Bonchev–Trinajstić information content (AvgIpc) is 3.38. The highest BCUT2D eigenvalue weighted by Crippen LogP contribution is 2.30. The minimum absolute atomic E-state index is 0.0302. The molecule has 1 aromatic carbocycles. The number of thiazole rings is 1. The summed E-state index contributed by atoms with van der Waals surface area (Å²) < 4.78 is 0. The molecule has 0 aliphatic carbocycles. The maximum Gasteiger partial charge on any atom is 0.267 e. The first-order valence-electron chi connectivity index (χ1n) is 10.5. The Morgan fingerprint density at radius 1 is 1.13 bits per heavy atom. The summed E-state index contributed by atoms with van der Waals surface area (Å²) in [4.78, 5) is 33.2. The van der Waals surface area contributed by atoms with Crippen LogP contribution in [-0.4, -0.2) is 34.8 Å². The molecule has 0 bridgehead atoms. The van der Waals surface area contributed by atoms with E-state index in [2.05, 4.69) is 24.1 Å². The van der Waals surface area contributed by atoms with Gasteiger partial charge in [0, 0.05) is 35.3 Å². The van der Waals surface area contributed by atoms with E-state index in [-0.39, 0.29) is 11.8 Å². The van der Waals surface area contributed by atoms with Gasteiger partial charge in [-0.3, -0.25) is 9.59 Å². The first-order chi connectivity index (χ1) is 14.8. The number of aryl methyl sites for hydroxylation is 2. The van der Waals surface area contributed by atoms with Crippen LogP contribution in [0.1, 0.15) is 51.6 Å². The molecule has 2 unspecified atom stereocenters. The van der Waals surface area contributed by atoms with Gasteiger partial charge in [0.2, 0.25) is 0 Å². The van der Waals surface area contributed by atoms with Crippen molar-refractivity contribution in [2.24, 2.45) is 11.8 Å². The summed E-state index contributed by atoms with van der Waals surface area (Å²) in [7, 11) is 0. The van der Waals surface area contributed by atoms with E-state index in [9.17, 15) is 9.59 Å². The second kappa shape index (κ2) is 8.93. The van der Waals surface area contributed by atoms with Crippen LogP contribution >= 0.6 is 22.7 Å². The van der Waals surface area contributed by atoms with Crippen molar-refractivity contribution in [3.8, 4) is 10.6 Å². The summed E-state index contributed by atoms with van der Waals surface area (Å²) in [6, 6.07) is 7.56. The van der Waals surface area contributed by atoms with E-state index in [4.69, 9.17) is 0 Å². The molecule has 3 aromatic rings. The van der Waals surface area contributed by atoms with Gasteiger partial charge >= 0.3 is 0 Å². The average molecular weight is 454 g/mol. The molecular weight excluding hydrogens is 426 g/mol. The standard InChI is InChI=1S/C24H27N3O2S2/c1-14-9-15(2)12-27(11-14)24(29)18-6-5-16(3)20(10-18)26-22(28)21-17(4)25-23(31-21)19-7-8-30-13-19/h5-8,10,13-15H,9,11-12H2,1-4H3,(H,26,28). The Labute approximate surface area is 191 Å². The van der Waals surface area contributed by atoms with Crippen LogP contribution in [0.15, 0.2) is 35.0 Å². The smallest absolute Gasteiger partial charge is 0.267 e. The highest BCUT2D eigenvalue weighted by molar-refractivity contribution is 7.17. The SMILES string of the molecule is Cc1ccc(C(=O)N2CC(C)CC(C)C2)cc1NC(=O)c1sc(-c2ccsc2)nc1C. The minimum atomic E-state index is -0.190. The zero-order chi connectivity index (χ0) is 22.1. The van der Waals surface area contributed by atoms with Gasteiger partial charge in [-0.1, -0.05) is 19.9 Å². The highest BCUT2D eigenvalue weighted by atomic mass is 32.1. The molecule has 2 aromatic heterocycles. The molecule has 1 aliphatic rings. The summed E-state index contributed by atoms with van der Waals surface area (Å²) in [6.07, 6.45) is 1.15. The monoisotopic (exact) mass is 453 g/mol. The summed E-state index contributed by atoms with van der Waals surface area (Å²) in [5, 5.41) is 7.88. The van der Waals surface area contributed by atoms with E-state index < -0.39 is 0 Å². The van der Waals surface area contributed by atoms with E-state index in [1.165, 1.54) is 11.3 Å². The Hall–Kier alpha value is -2.51. The van der Waals surface area contributed by atoms with Crippen molar-refractivity contribution in [3.05, 3.63) is 56.7 Å². The number of hydrogen-bond acceptors (Lipinski definition) is 5. The van der Waals surface area contributed by atoms with E-state index in [1.54, 1.807) is 17.4 Å². The maximum atomic E-state index is 13.1. The van der Waals surface area contributed by atoms with Gasteiger partial charge in [-0.2, -0.15) is 11.3 Å². The number of aromatic nitrogens is 1. The van der Waals surface area contributed by atoms with Crippen LogP contribution in [0.3, 0.4) is 0 Å². The minimum Gasteiger partial charge on any atom is -0.338 e. The van der Waals surface area contributed by atoms with Crippen LogP contribution in [0.5, 0.6) is 0 Å². The van der Waals surface area contributed by atoms with Crippen molar-refractivity contribution in [2.75, 3.05) is 18.4 Å². The zero-order valence-corrected chi connectivity index (χ0v) is 19.9. The van der Waals surface area contributed by atoms with Gasteiger partial charge in [0.25, 0.3) is 11.8 Å². The third kappa shape index (κ3) is 4.72. The highest BCUT2D eigenvalue weighted by Gasteiger charge is 2.26. The van der Waals surface area contributed by atoms with E-state index in [0.717, 1.165) is 35.6 Å². The Morgan fingerprint density at radius 2 is 1.87 bits per heavy atom. The fourth-order valence-electron chi connectivity index (χ4n) is 4.20. The number of likely N-dealkylation sites (tertiary alicyclic amines) is 1. The van der Waals surface area contributed by atoms with Crippen molar-refractivity contribution in [1.29, 1.82) is 0 Å². The molecule has 2 atom stereocenters. The number of amides is 2. The number of benzene rings is 1. The third-order valence-corrected chi connectivity index (χ3v) is 7.55. The van der Waals surface area contributed by atoms with Gasteiger partial charge in [0.05, 0.1) is 5.69 Å². The summed E-state index contributed by atoms with van der Waals surface area (Å²) >= 11 is 3.00. The molecule has 3 heterocycles. The number of piperidine rings is 1. The molecule has 1 saturated heterocycles. The van der Waals surface area contributed by atoms with Crippen molar-refractivity contribution in [2.45, 2.75) is 34.1 Å². The lowest BCUT2D eigenvalue weighted by Gasteiger charge is -2.35. The van der Waals surface area contributed by atoms with Crippen molar-refractivity contribution in [1.82, 2.24) is 9.88 Å². The fourth-order valence-corrected chi connectivity index (χ4v) is 5.87. The Bertz CT molecular complexity index is 1090. The van der Waals surface area contributed by atoms with Gasteiger partial charge in [0.1, 0.15) is 9.88 Å².